The van der Waals surface area contributed by atoms with E-state index in [-0.39, 0.29) is 16.2 Å². The Bertz CT molecular complexity index is 815. The average molecular weight is 378 g/mol. The summed E-state index contributed by atoms with van der Waals surface area (Å²) >= 11 is 0. The number of aryl methyl sites for hydroxylation is 1. The predicted molar refractivity (Wildman–Crippen MR) is 118 cm³/mol. The van der Waals surface area contributed by atoms with E-state index in [2.05, 4.69) is 58.7 Å². The first-order valence-electron chi connectivity index (χ1n) is 11.2. The molecule has 3 heteroatoms. The van der Waals surface area contributed by atoms with Gasteiger partial charge < -0.3 is 9.69 Å². The second-order valence-corrected chi connectivity index (χ2v) is 10.7. The normalized spacial score (nSPS) is 36.4. The highest BCUT2D eigenvalue weighted by Gasteiger charge is 2.69. The van der Waals surface area contributed by atoms with Gasteiger partial charge in [0.05, 0.1) is 5.68 Å². The minimum atomic E-state index is 0.103. The van der Waals surface area contributed by atoms with Gasteiger partial charge in [-0.1, -0.05) is 39.7 Å². The number of fused-ring (bicyclic) bond motifs is 1. The van der Waals surface area contributed by atoms with E-state index in [0.717, 1.165) is 6.54 Å². The number of piperidine rings is 1. The number of rotatable bonds is 3. The van der Waals surface area contributed by atoms with Gasteiger partial charge in [0.15, 0.2) is 7.28 Å². The number of hydrogen-bond donors (Lipinski definition) is 0. The SMILES string of the molecule is C[B]C(=O)CC1CCC2(C)[C@H]3Cc4ccc(C)c(C)c4[C@@]2(CCN3C)C1(C)C. The molecule has 0 aromatic heterocycles. The molecule has 1 aliphatic heterocycles. The van der Waals surface area contributed by atoms with Crippen molar-refractivity contribution >= 4 is 13.0 Å². The summed E-state index contributed by atoms with van der Waals surface area (Å²) in [6.45, 7) is 15.3. The van der Waals surface area contributed by atoms with E-state index in [0.29, 0.717) is 24.1 Å². The van der Waals surface area contributed by atoms with E-state index in [4.69, 9.17) is 0 Å². The highest BCUT2D eigenvalue weighted by molar-refractivity contribution is 6.72. The Balaban J connectivity index is 1.98. The maximum Gasteiger partial charge on any atom is 0.198 e. The van der Waals surface area contributed by atoms with Crippen LogP contribution in [0.5, 0.6) is 0 Å². The van der Waals surface area contributed by atoms with Crippen LogP contribution in [0.25, 0.3) is 0 Å². The molecule has 2 unspecified atom stereocenters. The van der Waals surface area contributed by atoms with Crippen LogP contribution in [0, 0.1) is 30.6 Å². The summed E-state index contributed by atoms with van der Waals surface area (Å²) in [5.74, 6) is 0.458. The summed E-state index contributed by atoms with van der Waals surface area (Å²) in [4.78, 5) is 15.1. The maximum absolute atomic E-state index is 12.4. The number of hydrogen-bond acceptors (Lipinski definition) is 2. The molecule has 0 amide bonds. The standard InChI is InChI=1S/C25H37BNO/c1-16-8-9-18-14-20-24(5)11-10-19(15-21(28)26-6)23(3,4)25(24,12-13-27(20)7)22(18)17(16)2/h8-9,19-20H,10-15H2,1-7H3/t19?,20-,24?,25+/m1/s1. The van der Waals surface area contributed by atoms with Crippen molar-refractivity contribution in [2.45, 2.75) is 85.0 Å². The molecule has 1 heterocycles. The van der Waals surface area contributed by atoms with Gasteiger partial charge in [-0.3, -0.25) is 0 Å². The molecular formula is C25H37BNO. The molecule has 2 aliphatic carbocycles. The van der Waals surface area contributed by atoms with E-state index in [9.17, 15) is 4.79 Å². The smallest absolute Gasteiger partial charge is 0.198 e. The monoisotopic (exact) mass is 378 g/mol. The molecule has 3 aliphatic rings. The third-order valence-electron chi connectivity index (χ3n) is 9.65. The lowest BCUT2D eigenvalue weighted by atomic mass is 9.35. The molecular weight excluding hydrogens is 341 g/mol. The molecule has 151 valence electrons. The minimum Gasteiger partial charge on any atom is -0.312 e. The lowest BCUT2D eigenvalue weighted by molar-refractivity contribution is -0.160. The lowest BCUT2D eigenvalue weighted by Crippen LogP contribution is -2.72. The number of nitrogens with zero attached hydrogens (tertiary/aromatic N) is 1. The molecule has 1 aromatic carbocycles. The van der Waals surface area contributed by atoms with Crippen molar-refractivity contribution in [1.82, 2.24) is 4.90 Å². The first-order chi connectivity index (χ1) is 13.1. The predicted octanol–water partition coefficient (Wildman–Crippen LogP) is 4.91. The minimum absolute atomic E-state index is 0.103. The molecule has 0 spiro atoms. The molecule has 4 rings (SSSR count). The van der Waals surface area contributed by atoms with Crippen molar-refractivity contribution in [1.29, 1.82) is 0 Å². The first-order valence-corrected chi connectivity index (χ1v) is 11.2. The van der Waals surface area contributed by atoms with Crippen LogP contribution < -0.4 is 0 Å². The molecule has 1 saturated carbocycles. The fourth-order valence-electron chi connectivity index (χ4n) is 7.85. The lowest BCUT2D eigenvalue weighted by Gasteiger charge is -2.72. The molecule has 2 nitrogen and oxygen atoms in total. The van der Waals surface area contributed by atoms with E-state index in [1.54, 1.807) is 18.4 Å². The Kier molecular flexibility index (Phi) is 4.66. The Hall–Kier alpha value is -1.09. The van der Waals surface area contributed by atoms with E-state index in [1.807, 2.05) is 6.82 Å². The van der Waals surface area contributed by atoms with Gasteiger partial charge in [-0.2, -0.15) is 0 Å². The van der Waals surface area contributed by atoms with Crippen LogP contribution >= 0.6 is 0 Å². The zero-order chi connectivity index (χ0) is 20.5. The summed E-state index contributed by atoms with van der Waals surface area (Å²) in [6.07, 6.45) is 5.51. The van der Waals surface area contributed by atoms with Gasteiger partial charge in [0.25, 0.3) is 0 Å². The summed E-state index contributed by atoms with van der Waals surface area (Å²) in [5.41, 5.74) is 6.99. The van der Waals surface area contributed by atoms with Crippen molar-refractivity contribution in [3.63, 3.8) is 0 Å². The molecule has 2 bridgehead atoms. The van der Waals surface area contributed by atoms with E-state index in [1.165, 1.54) is 36.8 Å². The second-order valence-electron chi connectivity index (χ2n) is 10.7. The fraction of sp³-hybridized carbons (Fsp3) is 0.720. The topological polar surface area (TPSA) is 20.3 Å². The Morgan fingerprint density at radius 2 is 1.93 bits per heavy atom. The highest BCUT2D eigenvalue weighted by atomic mass is 16.1. The number of benzene rings is 1. The molecule has 1 radical (unpaired) electrons. The first kappa shape index (κ1) is 20.2. The van der Waals surface area contributed by atoms with Crippen LogP contribution in [-0.2, 0) is 16.6 Å². The molecule has 28 heavy (non-hydrogen) atoms. The van der Waals surface area contributed by atoms with Crippen LogP contribution in [0.4, 0.5) is 0 Å². The highest BCUT2D eigenvalue weighted by Crippen LogP contribution is 2.71. The van der Waals surface area contributed by atoms with Gasteiger partial charge in [0.1, 0.15) is 0 Å². The van der Waals surface area contributed by atoms with Gasteiger partial charge >= 0.3 is 0 Å². The van der Waals surface area contributed by atoms with Crippen molar-refractivity contribution < 1.29 is 4.79 Å². The van der Waals surface area contributed by atoms with Gasteiger partial charge in [-0.05, 0) is 98.5 Å². The van der Waals surface area contributed by atoms with E-state index < -0.39 is 0 Å². The molecule has 4 atom stereocenters. The zero-order valence-corrected chi connectivity index (χ0v) is 19.0. The Labute approximate surface area is 172 Å². The van der Waals surface area contributed by atoms with Crippen LogP contribution in [0.1, 0.15) is 68.7 Å². The average Bonchev–Trinajstić information content (AvgIpc) is 2.64. The third kappa shape index (κ3) is 2.35. The van der Waals surface area contributed by atoms with Crippen LogP contribution in [0.2, 0.25) is 6.82 Å². The largest absolute Gasteiger partial charge is 0.312 e. The summed E-state index contributed by atoms with van der Waals surface area (Å²) in [6, 6.07) is 5.34. The fourth-order valence-corrected chi connectivity index (χ4v) is 7.85. The van der Waals surface area contributed by atoms with Crippen LogP contribution in [-0.4, -0.2) is 37.5 Å². The molecule has 2 fully saturated rings. The van der Waals surface area contributed by atoms with Crippen LogP contribution in [0.3, 0.4) is 0 Å². The number of likely N-dealkylation sites (tertiary alicyclic amines) is 1. The summed E-state index contributed by atoms with van der Waals surface area (Å²) < 4.78 is 0. The van der Waals surface area contributed by atoms with Gasteiger partial charge in [-0.15, -0.1) is 0 Å². The number of carbonyl (C=O) groups is 1. The molecule has 1 aromatic rings. The summed E-state index contributed by atoms with van der Waals surface area (Å²) in [7, 11) is 4.11. The molecule has 1 saturated heterocycles. The Morgan fingerprint density at radius 1 is 1.21 bits per heavy atom. The second kappa shape index (κ2) is 6.46. The van der Waals surface area contributed by atoms with Gasteiger partial charge in [0, 0.05) is 11.5 Å². The van der Waals surface area contributed by atoms with Gasteiger partial charge in [0.2, 0.25) is 0 Å². The van der Waals surface area contributed by atoms with E-state index >= 15 is 0 Å². The number of likely N-dealkylation sites (N-methyl/N-ethyl adjacent to an activating group) is 1. The van der Waals surface area contributed by atoms with Crippen molar-refractivity contribution in [3.05, 3.63) is 34.4 Å². The van der Waals surface area contributed by atoms with Gasteiger partial charge in [-0.25, -0.2) is 0 Å². The quantitative estimate of drug-likeness (QED) is 0.697. The Morgan fingerprint density at radius 3 is 2.61 bits per heavy atom. The third-order valence-corrected chi connectivity index (χ3v) is 9.65. The van der Waals surface area contributed by atoms with Crippen molar-refractivity contribution in [2.24, 2.45) is 16.7 Å². The number of carbonyl (C=O) groups excluding carboxylic acids is 1. The summed E-state index contributed by atoms with van der Waals surface area (Å²) in [5, 5.41) is 0. The van der Waals surface area contributed by atoms with Crippen molar-refractivity contribution in [2.75, 3.05) is 13.6 Å². The zero-order valence-electron chi connectivity index (χ0n) is 19.0. The van der Waals surface area contributed by atoms with Crippen LogP contribution in [0.15, 0.2) is 12.1 Å². The molecule has 0 N–H and O–H groups in total. The van der Waals surface area contributed by atoms with Crippen molar-refractivity contribution in [3.8, 4) is 0 Å². The maximum atomic E-state index is 12.4.